The lowest BCUT2D eigenvalue weighted by Gasteiger charge is -2.56. The van der Waals surface area contributed by atoms with Crippen molar-refractivity contribution in [2.45, 2.75) is 63.8 Å². The van der Waals surface area contributed by atoms with Crippen molar-refractivity contribution in [1.29, 1.82) is 0 Å². The third kappa shape index (κ3) is 3.54. The Labute approximate surface area is 176 Å². The summed E-state index contributed by atoms with van der Waals surface area (Å²) in [6.45, 7) is 4.65. The number of nitrogens with one attached hydrogen (secondary N) is 1. The highest BCUT2D eigenvalue weighted by molar-refractivity contribution is 5.50. The second-order valence-corrected chi connectivity index (χ2v) is 9.15. The van der Waals surface area contributed by atoms with Crippen molar-refractivity contribution < 1.29 is 9.84 Å². The number of anilines is 2. The zero-order valence-electron chi connectivity index (χ0n) is 17.7. The highest BCUT2D eigenvalue weighted by Gasteiger charge is 2.55. The molecule has 9 nitrogen and oxygen atoms in total. The third-order valence-corrected chi connectivity index (χ3v) is 7.37. The van der Waals surface area contributed by atoms with Crippen LogP contribution in [0.15, 0.2) is 18.7 Å². The van der Waals surface area contributed by atoms with E-state index < -0.39 is 0 Å². The topological polar surface area (TPSA) is 101 Å². The second-order valence-electron chi connectivity index (χ2n) is 9.15. The molecule has 30 heavy (non-hydrogen) atoms. The normalized spacial score (nSPS) is 30.0. The minimum Gasteiger partial charge on any atom is -0.392 e. The highest BCUT2D eigenvalue weighted by Crippen LogP contribution is 2.51. The van der Waals surface area contributed by atoms with Gasteiger partial charge in [0.05, 0.1) is 12.2 Å². The molecule has 162 valence electrons. The molecule has 0 amide bonds. The van der Waals surface area contributed by atoms with Crippen molar-refractivity contribution in [2.75, 3.05) is 30.4 Å². The maximum Gasteiger partial charge on any atom is 0.137 e. The van der Waals surface area contributed by atoms with Gasteiger partial charge in [0, 0.05) is 50.7 Å². The first-order valence-corrected chi connectivity index (χ1v) is 11.0. The molecule has 2 aliphatic carbocycles. The van der Waals surface area contributed by atoms with Crippen LogP contribution in [0.2, 0.25) is 0 Å². The lowest BCUT2D eigenvalue weighted by molar-refractivity contribution is -0.190. The molecule has 9 heteroatoms. The number of aliphatic hydroxyl groups excluding tert-OH is 1. The van der Waals surface area contributed by atoms with Crippen LogP contribution in [0, 0.1) is 18.3 Å². The van der Waals surface area contributed by atoms with E-state index in [1.807, 2.05) is 11.6 Å². The molecule has 0 bridgehead atoms. The summed E-state index contributed by atoms with van der Waals surface area (Å²) in [7, 11) is 1.76. The van der Waals surface area contributed by atoms with Crippen LogP contribution in [0.25, 0.3) is 0 Å². The van der Waals surface area contributed by atoms with E-state index in [4.69, 9.17) is 4.74 Å². The Hall–Kier alpha value is -2.26. The van der Waals surface area contributed by atoms with Crippen LogP contribution in [0.3, 0.4) is 0 Å². The van der Waals surface area contributed by atoms with E-state index in [1.54, 1.807) is 19.8 Å². The van der Waals surface area contributed by atoms with Gasteiger partial charge in [0.25, 0.3) is 0 Å². The fourth-order valence-corrected chi connectivity index (χ4v) is 5.46. The molecule has 3 aliphatic rings. The van der Waals surface area contributed by atoms with Gasteiger partial charge < -0.3 is 20.1 Å². The molecule has 1 spiro atoms. The van der Waals surface area contributed by atoms with Gasteiger partial charge in [0.1, 0.15) is 30.1 Å². The molecule has 2 atom stereocenters. The van der Waals surface area contributed by atoms with Gasteiger partial charge in [0.2, 0.25) is 0 Å². The Morgan fingerprint density at radius 1 is 1.23 bits per heavy atom. The van der Waals surface area contributed by atoms with Crippen molar-refractivity contribution in [2.24, 2.45) is 11.3 Å². The third-order valence-electron chi connectivity index (χ3n) is 7.37. The van der Waals surface area contributed by atoms with Gasteiger partial charge in [0.15, 0.2) is 0 Å². The molecule has 1 saturated heterocycles. The monoisotopic (exact) mass is 413 g/mol. The quantitative estimate of drug-likeness (QED) is 0.737. The number of rotatable bonds is 6. The number of nitrogens with zero attached hydrogens (tertiary/aromatic N) is 6. The average molecular weight is 414 g/mol. The van der Waals surface area contributed by atoms with E-state index in [1.165, 1.54) is 0 Å². The van der Waals surface area contributed by atoms with Crippen molar-refractivity contribution >= 4 is 11.6 Å². The van der Waals surface area contributed by atoms with Crippen LogP contribution in [-0.4, -0.2) is 68.3 Å². The molecular formula is C21H31N7O2. The Kier molecular flexibility index (Phi) is 5.10. The Morgan fingerprint density at radius 2 is 2.03 bits per heavy atom. The minimum atomic E-state index is -0.238. The van der Waals surface area contributed by atoms with Gasteiger partial charge in [-0.3, -0.25) is 4.68 Å². The molecule has 5 rings (SSSR count). The molecule has 2 aromatic heterocycles. The van der Waals surface area contributed by atoms with Crippen molar-refractivity contribution in [3.63, 3.8) is 0 Å². The van der Waals surface area contributed by atoms with Crippen LogP contribution >= 0.6 is 0 Å². The Balaban J connectivity index is 1.18. The van der Waals surface area contributed by atoms with Gasteiger partial charge in [-0.2, -0.15) is 5.10 Å². The van der Waals surface area contributed by atoms with E-state index in [0.717, 1.165) is 69.2 Å². The number of aryl methyl sites for hydroxylation is 1. The van der Waals surface area contributed by atoms with E-state index in [2.05, 4.69) is 36.3 Å². The SMILES string of the molecule is COC1CC(O)C12CCN(c1cc(NC3CC(Cn4cncn4)C3)nc(C)n1)CC2. The molecule has 0 aromatic carbocycles. The summed E-state index contributed by atoms with van der Waals surface area (Å²) in [4.78, 5) is 15.6. The predicted molar refractivity (Wildman–Crippen MR) is 112 cm³/mol. The molecule has 3 heterocycles. The Morgan fingerprint density at radius 3 is 2.70 bits per heavy atom. The summed E-state index contributed by atoms with van der Waals surface area (Å²) in [5.41, 5.74) is -0.0700. The number of ether oxygens (including phenoxy) is 1. The second kappa shape index (κ2) is 7.77. The smallest absolute Gasteiger partial charge is 0.137 e. The van der Waals surface area contributed by atoms with Crippen molar-refractivity contribution in [3.05, 3.63) is 24.5 Å². The first-order chi connectivity index (χ1) is 14.6. The first kappa shape index (κ1) is 19.7. The van der Waals surface area contributed by atoms with Gasteiger partial charge in [-0.05, 0) is 38.5 Å². The van der Waals surface area contributed by atoms with Gasteiger partial charge >= 0.3 is 0 Å². The zero-order chi connectivity index (χ0) is 20.7. The van der Waals surface area contributed by atoms with E-state index >= 15 is 0 Å². The molecule has 2 unspecified atom stereocenters. The summed E-state index contributed by atoms with van der Waals surface area (Å²) in [6, 6.07) is 2.51. The number of piperidine rings is 1. The highest BCUT2D eigenvalue weighted by atomic mass is 16.5. The van der Waals surface area contributed by atoms with Gasteiger partial charge in [-0.1, -0.05) is 0 Å². The molecule has 2 N–H and O–H groups in total. The number of methoxy groups -OCH3 is 1. The first-order valence-electron chi connectivity index (χ1n) is 11.0. The van der Waals surface area contributed by atoms with Crippen LogP contribution in [-0.2, 0) is 11.3 Å². The summed E-state index contributed by atoms with van der Waals surface area (Å²) in [5.74, 6) is 3.29. The molecule has 1 aliphatic heterocycles. The maximum atomic E-state index is 10.4. The number of hydrogen-bond acceptors (Lipinski definition) is 8. The number of aliphatic hydroxyl groups is 1. The summed E-state index contributed by atoms with van der Waals surface area (Å²) in [5, 5.41) is 18.1. The molecular weight excluding hydrogens is 382 g/mol. The largest absolute Gasteiger partial charge is 0.392 e. The van der Waals surface area contributed by atoms with E-state index in [9.17, 15) is 5.11 Å². The van der Waals surface area contributed by atoms with Gasteiger partial charge in [-0.15, -0.1) is 0 Å². The van der Waals surface area contributed by atoms with Crippen LogP contribution in [0.5, 0.6) is 0 Å². The van der Waals surface area contributed by atoms with Crippen LogP contribution < -0.4 is 10.2 Å². The number of aromatic nitrogens is 5. The summed E-state index contributed by atoms with van der Waals surface area (Å²) < 4.78 is 7.52. The predicted octanol–water partition coefficient (Wildman–Crippen LogP) is 1.63. The number of hydrogen-bond donors (Lipinski definition) is 2. The molecule has 2 saturated carbocycles. The van der Waals surface area contributed by atoms with Crippen LogP contribution in [0.1, 0.15) is 37.9 Å². The average Bonchev–Trinajstić information content (AvgIpc) is 3.23. The lowest BCUT2D eigenvalue weighted by Crippen LogP contribution is -2.62. The van der Waals surface area contributed by atoms with Gasteiger partial charge in [-0.25, -0.2) is 15.0 Å². The van der Waals surface area contributed by atoms with Crippen molar-refractivity contribution in [3.8, 4) is 0 Å². The fraction of sp³-hybridized carbons (Fsp3) is 0.714. The van der Waals surface area contributed by atoms with Crippen LogP contribution in [0.4, 0.5) is 11.6 Å². The Bertz CT molecular complexity index is 860. The van der Waals surface area contributed by atoms with Crippen molar-refractivity contribution in [1.82, 2.24) is 24.7 Å². The lowest BCUT2D eigenvalue weighted by atomic mass is 9.58. The standard InChI is InChI=1S/C21H31N7O2/c1-14-24-19(26-16-7-15(8-16)11-28-13-22-12-23-28)10-20(25-14)27-5-3-21(4-6-27)17(29)9-18(21)30-2/h10,12-13,15-18,29H,3-9,11H2,1-2H3,(H,24,25,26). The summed E-state index contributed by atoms with van der Waals surface area (Å²) in [6.07, 6.45) is 8.17. The molecule has 2 aromatic rings. The minimum absolute atomic E-state index is 0.0700. The zero-order valence-corrected chi connectivity index (χ0v) is 17.7. The van der Waals surface area contributed by atoms with E-state index in [-0.39, 0.29) is 17.6 Å². The summed E-state index contributed by atoms with van der Waals surface area (Å²) >= 11 is 0. The van der Waals surface area contributed by atoms with E-state index in [0.29, 0.717) is 12.0 Å². The fourth-order valence-electron chi connectivity index (χ4n) is 5.46. The molecule has 3 fully saturated rings. The molecule has 0 radical (unpaired) electrons. The maximum absolute atomic E-state index is 10.4.